The van der Waals surface area contributed by atoms with Crippen LogP contribution in [0, 0.1) is 0 Å². The summed E-state index contributed by atoms with van der Waals surface area (Å²) in [4.78, 5) is 26.7. The topological polar surface area (TPSA) is 61.4 Å². The van der Waals surface area contributed by atoms with Gasteiger partial charge < -0.3 is 15.5 Å². The first kappa shape index (κ1) is 20.7. The maximum Gasteiger partial charge on any atom is 0.256 e. The van der Waals surface area contributed by atoms with E-state index >= 15 is 0 Å². The molecule has 0 aliphatic rings. The number of nitrogens with one attached hydrogen (secondary N) is 2. The van der Waals surface area contributed by atoms with Crippen LogP contribution >= 0.6 is 23.2 Å². The van der Waals surface area contributed by atoms with E-state index in [1.54, 1.807) is 37.4 Å². The zero-order chi connectivity index (χ0) is 20.8. The average Bonchev–Trinajstić information content (AvgIpc) is 2.71. The number of benzene rings is 3. The highest BCUT2D eigenvalue weighted by Crippen LogP contribution is 2.29. The van der Waals surface area contributed by atoms with E-state index in [9.17, 15) is 9.59 Å². The Morgan fingerprint density at radius 1 is 0.862 bits per heavy atom. The van der Waals surface area contributed by atoms with Gasteiger partial charge >= 0.3 is 0 Å². The Kier molecular flexibility index (Phi) is 6.75. The molecule has 3 aromatic carbocycles. The van der Waals surface area contributed by atoms with E-state index in [4.69, 9.17) is 23.2 Å². The third-order valence-electron chi connectivity index (χ3n) is 4.16. The molecule has 148 valence electrons. The van der Waals surface area contributed by atoms with Gasteiger partial charge in [-0.25, -0.2) is 0 Å². The molecule has 29 heavy (non-hydrogen) atoms. The lowest BCUT2D eigenvalue weighted by molar-refractivity contribution is -0.116. The monoisotopic (exact) mass is 427 g/mol. The molecule has 2 N–H and O–H groups in total. The Morgan fingerprint density at radius 3 is 2.17 bits per heavy atom. The van der Waals surface area contributed by atoms with Crippen molar-refractivity contribution >= 4 is 52.1 Å². The fourth-order valence-electron chi connectivity index (χ4n) is 2.74. The van der Waals surface area contributed by atoms with Gasteiger partial charge in [0.1, 0.15) is 0 Å². The first-order valence-electron chi connectivity index (χ1n) is 8.86. The Balaban J connectivity index is 1.71. The van der Waals surface area contributed by atoms with Crippen molar-refractivity contribution in [1.82, 2.24) is 4.90 Å². The second-order valence-corrected chi connectivity index (χ2v) is 7.16. The number of hydrogen-bond donors (Lipinski definition) is 2. The van der Waals surface area contributed by atoms with Crippen LogP contribution in [0.2, 0.25) is 10.0 Å². The van der Waals surface area contributed by atoms with Crippen molar-refractivity contribution in [1.29, 1.82) is 0 Å². The zero-order valence-electron chi connectivity index (χ0n) is 15.7. The van der Waals surface area contributed by atoms with Gasteiger partial charge in [0.15, 0.2) is 0 Å². The van der Waals surface area contributed by atoms with Gasteiger partial charge in [0, 0.05) is 12.7 Å². The number of carbonyl (C=O) groups excluding carboxylic acids is 2. The number of halogens is 2. The highest BCUT2D eigenvalue weighted by molar-refractivity contribution is 6.39. The van der Waals surface area contributed by atoms with Gasteiger partial charge in [0.2, 0.25) is 5.91 Å². The van der Waals surface area contributed by atoms with Crippen LogP contribution in [-0.2, 0) is 4.79 Å². The molecule has 0 heterocycles. The SMILES string of the molecule is CN(CC(=O)Nc1c(Cl)cccc1Cl)C(=O)c1ccccc1Nc1ccccc1. The van der Waals surface area contributed by atoms with Crippen LogP contribution in [0.4, 0.5) is 17.1 Å². The molecule has 0 bridgehead atoms. The van der Waals surface area contributed by atoms with Crippen LogP contribution < -0.4 is 10.6 Å². The molecule has 0 saturated carbocycles. The lowest BCUT2D eigenvalue weighted by Gasteiger charge is -2.19. The number of para-hydroxylation sites is 3. The van der Waals surface area contributed by atoms with Crippen molar-refractivity contribution in [3.05, 3.63) is 88.4 Å². The third-order valence-corrected chi connectivity index (χ3v) is 4.79. The van der Waals surface area contributed by atoms with Gasteiger partial charge in [0.25, 0.3) is 5.91 Å². The van der Waals surface area contributed by atoms with Crippen LogP contribution in [0.3, 0.4) is 0 Å². The molecular formula is C22H19Cl2N3O2. The van der Waals surface area contributed by atoms with Crippen molar-refractivity contribution in [3.8, 4) is 0 Å². The first-order valence-corrected chi connectivity index (χ1v) is 9.61. The molecule has 5 nitrogen and oxygen atoms in total. The van der Waals surface area contributed by atoms with Crippen molar-refractivity contribution in [3.63, 3.8) is 0 Å². The minimum Gasteiger partial charge on any atom is -0.355 e. The Bertz CT molecular complexity index is 1010. The Morgan fingerprint density at radius 2 is 1.48 bits per heavy atom. The first-order chi connectivity index (χ1) is 14.0. The van der Waals surface area contributed by atoms with E-state index < -0.39 is 5.91 Å². The van der Waals surface area contributed by atoms with E-state index in [0.717, 1.165) is 5.69 Å². The highest BCUT2D eigenvalue weighted by atomic mass is 35.5. The molecule has 0 aliphatic carbocycles. The highest BCUT2D eigenvalue weighted by Gasteiger charge is 2.19. The van der Waals surface area contributed by atoms with Crippen molar-refractivity contribution in [2.24, 2.45) is 0 Å². The lowest BCUT2D eigenvalue weighted by Crippen LogP contribution is -2.35. The smallest absolute Gasteiger partial charge is 0.256 e. The molecule has 0 aliphatic heterocycles. The largest absolute Gasteiger partial charge is 0.355 e. The van der Waals surface area contributed by atoms with Crippen LogP contribution in [0.25, 0.3) is 0 Å². The van der Waals surface area contributed by atoms with Crippen LogP contribution in [0.15, 0.2) is 72.8 Å². The fraction of sp³-hybridized carbons (Fsp3) is 0.0909. The number of hydrogen-bond acceptors (Lipinski definition) is 3. The molecule has 0 saturated heterocycles. The number of nitrogens with zero attached hydrogens (tertiary/aromatic N) is 1. The summed E-state index contributed by atoms with van der Waals surface area (Å²) in [5, 5.41) is 6.55. The average molecular weight is 428 g/mol. The predicted molar refractivity (Wildman–Crippen MR) is 118 cm³/mol. The van der Waals surface area contributed by atoms with Crippen LogP contribution in [-0.4, -0.2) is 30.3 Å². The quantitative estimate of drug-likeness (QED) is 0.549. The van der Waals surface area contributed by atoms with E-state index in [-0.39, 0.29) is 12.5 Å². The number of amides is 2. The summed E-state index contributed by atoms with van der Waals surface area (Å²) in [5.41, 5.74) is 2.31. The number of rotatable bonds is 6. The van der Waals surface area contributed by atoms with Crippen molar-refractivity contribution in [2.75, 3.05) is 24.2 Å². The van der Waals surface area contributed by atoms with Crippen molar-refractivity contribution in [2.45, 2.75) is 0 Å². The van der Waals surface area contributed by atoms with E-state index in [1.165, 1.54) is 4.90 Å². The fourth-order valence-corrected chi connectivity index (χ4v) is 3.24. The predicted octanol–water partition coefficient (Wildman–Crippen LogP) is 5.45. The number of carbonyl (C=O) groups is 2. The summed E-state index contributed by atoms with van der Waals surface area (Å²) in [7, 11) is 1.56. The van der Waals surface area contributed by atoms with Gasteiger partial charge in [-0.05, 0) is 36.4 Å². The molecule has 3 rings (SSSR count). The van der Waals surface area contributed by atoms with Gasteiger partial charge in [-0.3, -0.25) is 9.59 Å². The van der Waals surface area contributed by atoms with Crippen LogP contribution in [0.1, 0.15) is 10.4 Å². The number of anilines is 3. The standard InChI is InChI=1S/C22H19Cl2N3O2/c1-27(14-20(28)26-21-17(23)11-7-12-18(21)24)22(29)16-10-5-6-13-19(16)25-15-8-3-2-4-9-15/h2-13,25H,14H2,1H3,(H,26,28). The molecule has 7 heteroatoms. The second kappa shape index (κ2) is 9.45. The maximum absolute atomic E-state index is 12.9. The summed E-state index contributed by atoms with van der Waals surface area (Å²) in [6, 6.07) is 21.6. The minimum atomic E-state index is -0.399. The summed E-state index contributed by atoms with van der Waals surface area (Å²) in [6.45, 7) is -0.153. The number of likely N-dealkylation sites (N-methyl/N-ethyl adjacent to an activating group) is 1. The minimum absolute atomic E-state index is 0.153. The normalized spacial score (nSPS) is 10.3. The Labute approximate surface area is 179 Å². The van der Waals surface area contributed by atoms with E-state index in [2.05, 4.69) is 10.6 Å². The van der Waals surface area contributed by atoms with Crippen molar-refractivity contribution < 1.29 is 9.59 Å². The van der Waals surface area contributed by atoms with Gasteiger partial charge in [-0.2, -0.15) is 0 Å². The van der Waals surface area contributed by atoms with Gasteiger partial charge in [-0.15, -0.1) is 0 Å². The molecular weight excluding hydrogens is 409 g/mol. The maximum atomic E-state index is 12.9. The summed E-state index contributed by atoms with van der Waals surface area (Å²) < 4.78 is 0. The molecule has 3 aromatic rings. The van der Waals surface area contributed by atoms with Gasteiger partial charge in [-0.1, -0.05) is 59.6 Å². The third kappa shape index (κ3) is 5.28. The molecule has 0 unspecified atom stereocenters. The molecule has 0 radical (unpaired) electrons. The molecule has 0 aromatic heterocycles. The Hall–Kier alpha value is -3.02. The van der Waals surface area contributed by atoms with Gasteiger partial charge in [0.05, 0.1) is 33.5 Å². The summed E-state index contributed by atoms with van der Waals surface area (Å²) in [6.07, 6.45) is 0. The lowest BCUT2D eigenvalue weighted by atomic mass is 10.1. The second-order valence-electron chi connectivity index (χ2n) is 6.34. The van der Waals surface area contributed by atoms with E-state index in [1.807, 2.05) is 42.5 Å². The summed E-state index contributed by atoms with van der Waals surface area (Å²) >= 11 is 12.2. The molecule has 0 atom stereocenters. The molecule has 0 spiro atoms. The van der Waals surface area contributed by atoms with Crippen LogP contribution in [0.5, 0.6) is 0 Å². The molecule has 2 amide bonds. The molecule has 0 fully saturated rings. The summed E-state index contributed by atoms with van der Waals surface area (Å²) in [5.74, 6) is -0.686. The van der Waals surface area contributed by atoms with E-state index in [0.29, 0.717) is 27.0 Å². The zero-order valence-corrected chi connectivity index (χ0v) is 17.2.